The summed E-state index contributed by atoms with van der Waals surface area (Å²) in [7, 11) is -2.11. The van der Waals surface area contributed by atoms with Gasteiger partial charge in [0.15, 0.2) is 0 Å². The summed E-state index contributed by atoms with van der Waals surface area (Å²) in [5, 5.41) is 34.4. The third-order valence-corrected chi connectivity index (χ3v) is 8.26. The van der Waals surface area contributed by atoms with E-state index in [1.807, 2.05) is 104 Å². The molecule has 0 heterocycles. The second-order valence-electron chi connectivity index (χ2n) is 12.2. The maximum atomic E-state index is 9.69. The van der Waals surface area contributed by atoms with Gasteiger partial charge in [-0.25, -0.2) is 13.9 Å². The second-order valence-corrected chi connectivity index (χ2v) is 13.2. The van der Waals surface area contributed by atoms with Gasteiger partial charge in [0.05, 0.1) is 52.6 Å². The number of hydrogen-bond donors (Lipinski definition) is 0. The summed E-state index contributed by atoms with van der Waals surface area (Å²) in [6.07, 6.45) is 0. The molecule has 0 radical (unpaired) electrons. The molecule has 0 aliphatic rings. The lowest BCUT2D eigenvalue weighted by atomic mass is 9.89. The predicted octanol–water partition coefficient (Wildman–Crippen LogP) is 6.95. The molecule has 9 nitrogen and oxygen atoms in total. The Morgan fingerprint density at radius 1 is 0.486 bits per heavy atom. The van der Waals surface area contributed by atoms with Gasteiger partial charge in [0, 0.05) is 18.1 Å². The molecular formula is C27H51N6O3P. The molecule has 0 aromatic rings. The van der Waals surface area contributed by atoms with Gasteiger partial charge < -0.3 is 0 Å². The maximum Gasteiger partial charge on any atom is 0.387 e. The van der Waals surface area contributed by atoms with Gasteiger partial charge in [-0.3, -0.25) is 0 Å². The summed E-state index contributed by atoms with van der Waals surface area (Å²) >= 11 is 0. The summed E-state index contributed by atoms with van der Waals surface area (Å²) < 4.78 is 19.6. The van der Waals surface area contributed by atoms with Gasteiger partial charge in [0.25, 0.3) is 0 Å². The van der Waals surface area contributed by atoms with Gasteiger partial charge in [0.1, 0.15) is 0 Å². The Kier molecular flexibility index (Phi) is 13.6. The van der Waals surface area contributed by atoms with E-state index in [4.69, 9.17) is 13.9 Å². The number of hydroxylamine groups is 6. The Morgan fingerprint density at radius 2 is 0.676 bits per heavy atom. The lowest BCUT2D eigenvalue weighted by molar-refractivity contribution is -0.252. The Hall–Kier alpha value is -1.34. The Labute approximate surface area is 228 Å². The highest BCUT2D eigenvalue weighted by Gasteiger charge is 2.45. The van der Waals surface area contributed by atoms with E-state index in [0.29, 0.717) is 0 Å². The minimum atomic E-state index is -2.11. The number of rotatable bonds is 15. The summed E-state index contributed by atoms with van der Waals surface area (Å²) in [5.41, 5.74) is -1.98. The van der Waals surface area contributed by atoms with Crippen molar-refractivity contribution in [3.8, 4) is 18.2 Å². The molecule has 0 spiro atoms. The highest BCUT2D eigenvalue weighted by Crippen LogP contribution is 2.50. The molecule has 0 N–H and O–H groups in total. The number of nitrogens with zero attached hydrogens (tertiary/aromatic N) is 6. The van der Waals surface area contributed by atoms with E-state index in [9.17, 15) is 15.8 Å². The molecule has 0 rings (SSSR count). The van der Waals surface area contributed by atoms with Gasteiger partial charge in [-0.2, -0.15) is 31.0 Å². The monoisotopic (exact) mass is 538 g/mol. The first-order chi connectivity index (χ1) is 16.7. The van der Waals surface area contributed by atoms with E-state index in [1.165, 1.54) is 0 Å². The van der Waals surface area contributed by atoms with Crippen molar-refractivity contribution in [1.29, 1.82) is 15.8 Å². The van der Waals surface area contributed by atoms with E-state index in [1.54, 1.807) is 15.2 Å². The van der Waals surface area contributed by atoms with Crippen molar-refractivity contribution in [3.63, 3.8) is 0 Å². The predicted molar refractivity (Wildman–Crippen MR) is 148 cm³/mol. The number of hydrogen-bond acceptors (Lipinski definition) is 9. The van der Waals surface area contributed by atoms with Gasteiger partial charge >= 0.3 is 8.60 Å². The van der Waals surface area contributed by atoms with E-state index in [2.05, 4.69) is 18.2 Å². The SMILES string of the molecule is CC(C)N(OP(ON(C(C)C)C(C)(C)C(C)C#N)ON(C(C)C)C(C)(C)C(C)C#N)C(C)(C)C(C)C#N. The zero-order valence-corrected chi connectivity index (χ0v) is 26.7. The molecule has 0 saturated carbocycles. The lowest BCUT2D eigenvalue weighted by Crippen LogP contribution is -2.54. The van der Waals surface area contributed by atoms with Crippen molar-refractivity contribution in [2.24, 2.45) is 17.8 Å². The fraction of sp³-hybridized carbons (Fsp3) is 0.889. The molecule has 0 amide bonds. The minimum absolute atomic E-state index is 0.0971. The average molecular weight is 539 g/mol. The normalized spacial score (nSPS) is 16.7. The third kappa shape index (κ3) is 8.84. The van der Waals surface area contributed by atoms with Crippen molar-refractivity contribution < 1.29 is 13.9 Å². The van der Waals surface area contributed by atoms with Crippen LogP contribution in [0.2, 0.25) is 0 Å². The lowest BCUT2D eigenvalue weighted by Gasteiger charge is -2.48. The van der Waals surface area contributed by atoms with Crippen LogP contribution in [0.3, 0.4) is 0 Å². The van der Waals surface area contributed by atoms with Crippen LogP contribution in [0, 0.1) is 51.7 Å². The molecule has 0 aromatic heterocycles. The first kappa shape index (κ1) is 35.7. The molecule has 3 unspecified atom stereocenters. The van der Waals surface area contributed by atoms with E-state index in [-0.39, 0.29) is 35.9 Å². The van der Waals surface area contributed by atoms with Gasteiger partial charge in [-0.15, -0.1) is 0 Å². The molecule has 0 fully saturated rings. The molecule has 10 heteroatoms. The first-order valence-electron chi connectivity index (χ1n) is 13.1. The molecule has 37 heavy (non-hydrogen) atoms. The minimum Gasteiger partial charge on any atom is -0.218 e. The average Bonchev–Trinajstić information content (AvgIpc) is 2.79. The first-order valence-corrected chi connectivity index (χ1v) is 14.2. The fourth-order valence-corrected chi connectivity index (χ4v) is 5.62. The largest absolute Gasteiger partial charge is 0.387 e. The van der Waals surface area contributed by atoms with Crippen LogP contribution in [-0.2, 0) is 13.9 Å². The Morgan fingerprint density at radius 3 is 0.811 bits per heavy atom. The molecule has 3 atom stereocenters. The van der Waals surface area contributed by atoms with Gasteiger partial charge in [-0.05, 0) is 104 Å². The van der Waals surface area contributed by atoms with Crippen LogP contribution in [0.1, 0.15) is 104 Å². The smallest absolute Gasteiger partial charge is 0.218 e. The molecular weight excluding hydrogens is 487 g/mol. The van der Waals surface area contributed by atoms with Crippen LogP contribution in [-0.4, -0.2) is 49.9 Å². The van der Waals surface area contributed by atoms with Crippen molar-refractivity contribution in [2.45, 2.75) is 139 Å². The van der Waals surface area contributed by atoms with Crippen LogP contribution in [0.4, 0.5) is 0 Å². The Bertz CT molecular complexity index is 731. The highest BCUT2D eigenvalue weighted by molar-refractivity contribution is 7.41. The molecule has 0 aromatic carbocycles. The van der Waals surface area contributed by atoms with E-state index in [0.717, 1.165) is 0 Å². The van der Waals surface area contributed by atoms with Crippen LogP contribution >= 0.6 is 8.60 Å². The molecule has 0 aliphatic carbocycles. The molecule has 0 aliphatic heterocycles. The molecule has 0 saturated heterocycles. The standard InChI is InChI=1S/C27H51N6O3P/c1-19(2)31(25(10,11)22(7)16-28)34-37(35-32(20(3)4)26(12,13)23(8)17-29)36-33(21(5)6)27(14,15)24(9)18-30/h19-24H,1-15H3. The highest BCUT2D eigenvalue weighted by atomic mass is 31.2. The van der Waals surface area contributed by atoms with Crippen molar-refractivity contribution in [1.82, 2.24) is 15.2 Å². The summed E-state index contributed by atoms with van der Waals surface area (Å²) in [4.78, 5) is 0. The van der Waals surface area contributed by atoms with Crippen LogP contribution in [0.15, 0.2) is 0 Å². The quantitative estimate of drug-likeness (QED) is 0.161. The maximum absolute atomic E-state index is 9.69. The van der Waals surface area contributed by atoms with E-state index < -0.39 is 25.2 Å². The van der Waals surface area contributed by atoms with E-state index >= 15 is 0 Å². The van der Waals surface area contributed by atoms with Gasteiger partial charge in [-0.1, -0.05) is 0 Å². The Balaban J connectivity index is 6.75. The third-order valence-electron chi connectivity index (χ3n) is 7.33. The molecule has 0 bridgehead atoms. The van der Waals surface area contributed by atoms with Crippen molar-refractivity contribution in [2.75, 3.05) is 0 Å². The van der Waals surface area contributed by atoms with Crippen LogP contribution in [0.5, 0.6) is 0 Å². The zero-order chi connectivity index (χ0) is 29.5. The second kappa shape index (κ2) is 14.2. The summed E-state index contributed by atoms with van der Waals surface area (Å²) in [6.45, 7) is 29.3. The van der Waals surface area contributed by atoms with Crippen LogP contribution < -0.4 is 0 Å². The topological polar surface area (TPSA) is 109 Å². The van der Waals surface area contributed by atoms with Crippen molar-refractivity contribution in [3.05, 3.63) is 0 Å². The summed E-state index contributed by atoms with van der Waals surface area (Å²) in [5.74, 6) is -1.04. The number of nitriles is 3. The van der Waals surface area contributed by atoms with Gasteiger partial charge in [0.2, 0.25) is 0 Å². The van der Waals surface area contributed by atoms with Crippen LogP contribution in [0.25, 0.3) is 0 Å². The summed E-state index contributed by atoms with van der Waals surface area (Å²) in [6, 6.07) is 6.72. The zero-order valence-electron chi connectivity index (χ0n) is 25.8. The fourth-order valence-electron chi connectivity index (χ4n) is 3.90. The molecule has 212 valence electrons. The van der Waals surface area contributed by atoms with Crippen molar-refractivity contribution >= 4 is 8.60 Å².